The van der Waals surface area contributed by atoms with Crippen molar-refractivity contribution in [2.45, 2.75) is 5.75 Å². The van der Waals surface area contributed by atoms with Gasteiger partial charge in [0.15, 0.2) is 0 Å². The van der Waals surface area contributed by atoms with Crippen LogP contribution in [0.5, 0.6) is 0 Å². The fourth-order valence-electron chi connectivity index (χ4n) is 2.26. The van der Waals surface area contributed by atoms with Gasteiger partial charge < -0.3 is 14.8 Å². The van der Waals surface area contributed by atoms with E-state index in [2.05, 4.69) is 10.1 Å². The summed E-state index contributed by atoms with van der Waals surface area (Å²) >= 11 is 13.2. The number of ether oxygens (including phenoxy) is 2. The summed E-state index contributed by atoms with van der Waals surface area (Å²) in [4.78, 5) is 35.9. The van der Waals surface area contributed by atoms with Gasteiger partial charge in [-0.1, -0.05) is 29.3 Å². The van der Waals surface area contributed by atoms with Crippen LogP contribution in [0.3, 0.4) is 0 Å². The number of carbonyl (C=O) groups is 3. The fraction of sp³-hybridized carbons (Fsp3) is 0.211. The van der Waals surface area contributed by atoms with E-state index in [1.807, 2.05) is 6.07 Å². The van der Waals surface area contributed by atoms with E-state index < -0.39 is 11.9 Å². The molecule has 0 unspecified atom stereocenters. The molecule has 1 N–H and O–H groups in total. The second-order valence-corrected chi connectivity index (χ2v) is 7.33. The van der Waals surface area contributed by atoms with E-state index in [1.165, 1.54) is 44.2 Å². The summed E-state index contributed by atoms with van der Waals surface area (Å²) < 4.78 is 9.37. The molecule has 0 aliphatic carbocycles. The molecule has 0 bridgehead atoms. The third kappa shape index (κ3) is 5.89. The molecule has 0 fully saturated rings. The minimum absolute atomic E-state index is 0.128. The molecule has 0 radical (unpaired) electrons. The van der Waals surface area contributed by atoms with E-state index in [0.29, 0.717) is 15.8 Å². The average Bonchev–Trinajstić information content (AvgIpc) is 2.69. The molecule has 1 amide bonds. The monoisotopic (exact) mass is 441 g/mol. The van der Waals surface area contributed by atoms with Crippen LogP contribution in [0.25, 0.3) is 0 Å². The van der Waals surface area contributed by atoms with Crippen molar-refractivity contribution < 1.29 is 23.9 Å². The minimum Gasteiger partial charge on any atom is -0.465 e. The predicted octanol–water partition coefficient (Wildman–Crippen LogP) is 4.44. The van der Waals surface area contributed by atoms with Crippen molar-refractivity contribution >= 4 is 58.5 Å². The summed E-state index contributed by atoms with van der Waals surface area (Å²) in [6, 6.07) is 9.46. The summed E-state index contributed by atoms with van der Waals surface area (Å²) in [6.07, 6.45) is 0. The number of thioether (sulfide) groups is 1. The molecule has 9 heteroatoms. The van der Waals surface area contributed by atoms with E-state index in [0.717, 1.165) is 5.56 Å². The first-order valence-corrected chi connectivity index (χ1v) is 9.89. The Morgan fingerprint density at radius 1 is 0.964 bits per heavy atom. The molecule has 0 saturated heterocycles. The Morgan fingerprint density at radius 2 is 1.68 bits per heavy atom. The number of hydrogen-bond donors (Lipinski definition) is 1. The molecule has 0 atom stereocenters. The largest absolute Gasteiger partial charge is 0.465 e. The summed E-state index contributed by atoms with van der Waals surface area (Å²) in [5, 5.41) is 3.55. The van der Waals surface area contributed by atoms with Gasteiger partial charge in [-0.25, -0.2) is 9.59 Å². The van der Waals surface area contributed by atoms with Gasteiger partial charge in [0.1, 0.15) is 0 Å². The van der Waals surface area contributed by atoms with Crippen LogP contribution in [-0.4, -0.2) is 37.8 Å². The van der Waals surface area contributed by atoms with Gasteiger partial charge in [0.05, 0.1) is 46.8 Å². The van der Waals surface area contributed by atoms with Crippen LogP contribution in [0.1, 0.15) is 26.3 Å². The molecule has 0 heterocycles. The van der Waals surface area contributed by atoms with Crippen LogP contribution in [0.2, 0.25) is 10.0 Å². The van der Waals surface area contributed by atoms with E-state index >= 15 is 0 Å². The molecule has 0 aromatic heterocycles. The Hall–Kier alpha value is -2.22. The van der Waals surface area contributed by atoms with Gasteiger partial charge in [0.25, 0.3) is 0 Å². The SMILES string of the molecule is COC(=O)c1ccc(C(=O)OC)c(NC(=O)CSCc2ccc(Cl)c(Cl)c2)c1. The maximum Gasteiger partial charge on any atom is 0.339 e. The van der Waals surface area contributed by atoms with Gasteiger partial charge in [-0.2, -0.15) is 0 Å². The number of nitrogens with one attached hydrogen (secondary N) is 1. The van der Waals surface area contributed by atoms with Crippen LogP contribution in [-0.2, 0) is 20.0 Å². The highest BCUT2D eigenvalue weighted by Crippen LogP contribution is 2.25. The Labute approximate surface area is 176 Å². The van der Waals surface area contributed by atoms with Gasteiger partial charge in [-0.3, -0.25) is 4.79 Å². The number of rotatable bonds is 7. The molecule has 148 valence electrons. The summed E-state index contributed by atoms with van der Waals surface area (Å²) in [5.41, 5.74) is 1.44. The zero-order valence-electron chi connectivity index (χ0n) is 15.1. The standard InChI is InChI=1S/C19H17Cl2NO5S/c1-26-18(24)12-4-5-13(19(25)27-2)16(8-12)22-17(23)10-28-9-11-3-6-14(20)15(21)7-11/h3-8H,9-10H2,1-2H3,(H,22,23). The summed E-state index contributed by atoms with van der Waals surface area (Å²) in [5.74, 6) is -0.868. The number of esters is 2. The summed E-state index contributed by atoms with van der Waals surface area (Å²) in [7, 11) is 2.48. The average molecular weight is 442 g/mol. The summed E-state index contributed by atoms with van der Waals surface area (Å²) in [6.45, 7) is 0. The van der Waals surface area contributed by atoms with E-state index in [4.69, 9.17) is 27.9 Å². The third-order valence-corrected chi connectivity index (χ3v) is 5.35. The molecule has 2 rings (SSSR count). The normalized spacial score (nSPS) is 10.3. The zero-order valence-corrected chi connectivity index (χ0v) is 17.4. The van der Waals surface area contributed by atoms with Gasteiger partial charge in [0, 0.05) is 5.75 Å². The number of amides is 1. The predicted molar refractivity (Wildman–Crippen MR) is 110 cm³/mol. The molecular formula is C19H17Cl2NO5S. The van der Waals surface area contributed by atoms with Crippen molar-refractivity contribution in [2.75, 3.05) is 25.3 Å². The van der Waals surface area contributed by atoms with E-state index in [-0.39, 0.29) is 28.5 Å². The molecule has 0 saturated carbocycles. The lowest BCUT2D eigenvalue weighted by Gasteiger charge is -2.11. The maximum absolute atomic E-state index is 12.3. The number of carbonyl (C=O) groups excluding carboxylic acids is 3. The molecule has 6 nitrogen and oxygen atoms in total. The zero-order chi connectivity index (χ0) is 20.7. The number of benzene rings is 2. The maximum atomic E-state index is 12.3. The van der Waals surface area contributed by atoms with Crippen molar-refractivity contribution in [2.24, 2.45) is 0 Å². The Kier molecular flexibility index (Phi) is 8.17. The lowest BCUT2D eigenvalue weighted by molar-refractivity contribution is -0.113. The molecule has 2 aromatic carbocycles. The first-order valence-electron chi connectivity index (χ1n) is 7.98. The smallest absolute Gasteiger partial charge is 0.339 e. The van der Waals surface area contributed by atoms with E-state index in [1.54, 1.807) is 12.1 Å². The lowest BCUT2D eigenvalue weighted by atomic mass is 10.1. The fourth-order valence-corrected chi connectivity index (χ4v) is 3.35. The molecule has 0 aliphatic heterocycles. The quantitative estimate of drug-likeness (QED) is 0.639. The topological polar surface area (TPSA) is 81.7 Å². The first-order chi connectivity index (χ1) is 13.3. The number of halogens is 2. The molecule has 0 spiro atoms. The highest BCUT2D eigenvalue weighted by atomic mass is 35.5. The Morgan fingerprint density at radius 3 is 2.32 bits per heavy atom. The second kappa shape index (κ2) is 10.4. The highest BCUT2D eigenvalue weighted by Gasteiger charge is 2.17. The van der Waals surface area contributed by atoms with Crippen molar-refractivity contribution in [1.82, 2.24) is 0 Å². The van der Waals surface area contributed by atoms with Crippen LogP contribution in [0.4, 0.5) is 5.69 Å². The van der Waals surface area contributed by atoms with Gasteiger partial charge in [0.2, 0.25) is 5.91 Å². The first kappa shape index (κ1) is 22.1. The van der Waals surface area contributed by atoms with Crippen molar-refractivity contribution in [1.29, 1.82) is 0 Å². The van der Waals surface area contributed by atoms with Crippen molar-refractivity contribution in [3.05, 3.63) is 63.1 Å². The molecular weight excluding hydrogens is 425 g/mol. The number of anilines is 1. The minimum atomic E-state index is -0.629. The third-order valence-electron chi connectivity index (χ3n) is 3.61. The Bertz CT molecular complexity index is 904. The molecule has 0 aliphatic rings. The van der Waals surface area contributed by atoms with Crippen LogP contribution in [0, 0.1) is 0 Å². The lowest BCUT2D eigenvalue weighted by Crippen LogP contribution is -2.18. The van der Waals surface area contributed by atoms with E-state index in [9.17, 15) is 14.4 Å². The van der Waals surface area contributed by atoms with Crippen LogP contribution < -0.4 is 5.32 Å². The second-order valence-electron chi connectivity index (χ2n) is 5.53. The highest BCUT2D eigenvalue weighted by molar-refractivity contribution is 7.99. The van der Waals surface area contributed by atoms with Crippen LogP contribution in [0.15, 0.2) is 36.4 Å². The van der Waals surface area contributed by atoms with Gasteiger partial charge in [-0.15, -0.1) is 11.8 Å². The van der Waals surface area contributed by atoms with Gasteiger partial charge in [-0.05, 0) is 35.9 Å². The van der Waals surface area contributed by atoms with Gasteiger partial charge >= 0.3 is 11.9 Å². The number of methoxy groups -OCH3 is 2. The molecule has 2 aromatic rings. The van der Waals surface area contributed by atoms with Crippen LogP contribution >= 0.6 is 35.0 Å². The Balaban J connectivity index is 2.05. The van der Waals surface area contributed by atoms with Crippen molar-refractivity contribution in [3.8, 4) is 0 Å². The molecule has 28 heavy (non-hydrogen) atoms. The number of hydrogen-bond acceptors (Lipinski definition) is 6. The van der Waals surface area contributed by atoms with Crippen molar-refractivity contribution in [3.63, 3.8) is 0 Å².